The zero-order valence-electron chi connectivity index (χ0n) is 10.1. The van der Waals surface area contributed by atoms with Crippen molar-refractivity contribution in [1.29, 1.82) is 5.26 Å². The maximum Gasteiger partial charge on any atom is 0.371 e. The largest absolute Gasteiger partial charge is 0.475 e. The van der Waals surface area contributed by atoms with Crippen molar-refractivity contribution in [2.24, 2.45) is 0 Å². The first-order valence-corrected chi connectivity index (χ1v) is 5.41. The van der Waals surface area contributed by atoms with Gasteiger partial charge in [-0.3, -0.25) is 0 Å². The Morgan fingerprint density at radius 1 is 1.50 bits per heavy atom. The van der Waals surface area contributed by atoms with E-state index in [2.05, 4.69) is 6.07 Å². The second-order valence-corrected chi connectivity index (χ2v) is 4.09. The summed E-state index contributed by atoms with van der Waals surface area (Å²) < 4.78 is 6.99. The lowest BCUT2D eigenvalue weighted by Gasteiger charge is -2.05. The van der Waals surface area contributed by atoms with Crippen LogP contribution in [0.2, 0.25) is 0 Å². The van der Waals surface area contributed by atoms with Crippen molar-refractivity contribution in [3.05, 3.63) is 46.7 Å². The highest BCUT2D eigenvalue weighted by Gasteiger charge is 2.13. The summed E-state index contributed by atoms with van der Waals surface area (Å²) in [5, 5.41) is 17.9. The molecule has 0 aromatic carbocycles. The number of hydrogen-bond acceptors (Lipinski definition) is 3. The first-order valence-electron chi connectivity index (χ1n) is 5.41. The zero-order chi connectivity index (χ0) is 13.3. The van der Waals surface area contributed by atoms with Crippen molar-refractivity contribution in [2.45, 2.75) is 20.4 Å². The van der Waals surface area contributed by atoms with Crippen LogP contribution in [0.15, 0.2) is 22.6 Å². The van der Waals surface area contributed by atoms with Crippen LogP contribution in [-0.2, 0) is 6.54 Å². The number of carboxylic acids is 1. The minimum absolute atomic E-state index is 0.0926. The fraction of sp³-hybridized carbons (Fsp3) is 0.231. The summed E-state index contributed by atoms with van der Waals surface area (Å²) >= 11 is 0. The predicted molar refractivity (Wildman–Crippen MR) is 63.4 cm³/mol. The van der Waals surface area contributed by atoms with Gasteiger partial charge in [0.05, 0.1) is 6.54 Å². The minimum Gasteiger partial charge on any atom is -0.475 e. The summed E-state index contributed by atoms with van der Waals surface area (Å²) in [5.41, 5.74) is 2.41. The molecule has 2 heterocycles. The van der Waals surface area contributed by atoms with Gasteiger partial charge in [-0.15, -0.1) is 0 Å². The number of aromatic nitrogens is 1. The molecular weight excluding hydrogens is 232 g/mol. The SMILES string of the molecule is Cc1cc(C)n(Cc2ccc(C(=O)O)o2)c1C#N. The molecule has 0 aliphatic rings. The number of carboxylic acid groups (broad SMARTS) is 1. The number of aromatic carboxylic acids is 1. The Labute approximate surface area is 104 Å². The van der Waals surface area contributed by atoms with Crippen LogP contribution in [0.25, 0.3) is 0 Å². The van der Waals surface area contributed by atoms with Crippen LogP contribution in [0, 0.1) is 25.2 Å². The van der Waals surface area contributed by atoms with E-state index < -0.39 is 5.97 Å². The van der Waals surface area contributed by atoms with Gasteiger partial charge in [0, 0.05) is 5.69 Å². The Balaban J connectivity index is 2.34. The van der Waals surface area contributed by atoms with Gasteiger partial charge in [0.1, 0.15) is 17.5 Å². The monoisotopic (exact) mass is 244 g/mol. The smallest absolute Gasteiger partial charge is 0.371 e. The van der Waals surface area contributed by atoms with Crippen molar-refractivity contribution in [3.8, 4) is 6.07 Å². The van der Waals surface area contributed by atoms with E-state index in [0.717, 1.165) is 11.3 Å². The number of carbonyl (C=O) groups is 1. The summed E-state index contributed by atoms with van der Waals surface area (Å²) in [6, 6.07) is 7.08. The van der Waals surface area contributed by atoms with Crippen LogP contribution < -0.4 is 0 Å². The lowest BCUT2D eigenvalue weighted by molar-refractivity contribution is 0.0660. The second kappa shape index (κ2) is 4.41. The second-order valence-electron chi connectivity index (χ2n) is 4.09. The van der Waals surface area contributed by atoms with Crippen LogP contribution in [0.4, 0.5) is 0 Å². The Kier molecular flexibility index (Phi) is 2.94. The molecule has 1 N–H and O–H groups in total. The molecular formula is C13H12N2O3. The van der Waals surface area contributed by atoms with Gasteiger partial charge in [0.15, 0.2) is 0 Å². The van der Waals surface area contributed by atoms with Crippen LogP contribution in [0.3, 0.4) is 0 Å². The number of furan rings is 1. The molecule has 0 radical (unpaired) electrons. The first kappa shape index (κ1) is 12.0. The molecule has 2 aromatic heterocycles. The van der Waals surface area contributed by atoms with E-state index in [-0.39, 0.29) is 5.76 Å². The van der Waals surface area contributed by atoms with Crippen LogP contribution in [0.1, 0.15) is 33.3 Å². The standard InChI is InChI=1S/C13H12N2O3/c1-8-5-9(2)15(11(8)6-14)7-10-3-4-12(18-10)13(16)17/h3-5H,7H2,1-2H3,(H,16,17). The van der Waals surface area contributed by atoms with Gasteiger partial charge in [-0.05, 0) is 37.6 Å². The van der Waals surface area contributed by atoms with Gasteiger partial charge in [-0.1, -0.05) is 0 Å². The molecule has 2 aromatic rings. The normalized spacial score (nSPS) is 10.3. The maximum absolute atomic E-state index is 10.7. The topological polar surface area (TPSA) is 79.2 Å². The molecule has 0 unspecified atom stereocenters. The third kappa shape index (κ3) is 2.00. The Morgan fingerprint density at radius 3 is 2.78 bits per heavy atom. The molecule has 0 spiro atoms. The van der Waals surface area contributed by atoms with Crippen molar-refractivity contribution in [1.82, 2.24) is 4.57 Å². The highest BCUT2D eigenvalue weighted by atomic mass is 16.4. The van der Waals surface area contributed by atoms with E-state index in [9.17, 15) is 4.79 Å². The molecule has 5 heteroatoms. The fourth-order valence-electron chi connectivity index (χ4n) is 1.93. The molecule has 92 valence electrons. The van der Waals surface area contributed by atoms with Crippen molar-refractivity contribution >= 4 is 5.97 Å². The number of rotatable bonds is 3. The maximum atomic E-state index is 10.7. The van der Waals surface area contributed by atoms with E-state index in [0.29, 0.717) is 18.0 Å². The lowest BCUT2D eigenvalue weighted by Crippen LogP contribution is -2.04. The Morgan fingerprint density at radius 2 is 2.22 bits per heavy atom. The first-order chi connectivity index (χ1) is 8.52. The zero-order valence-corrected chi connectivity index (χ0v) is 10.1. The average Bonchev–Trinajstić information content (AvgIpc) is 2.86. The average molecular weight is 244 g/mol. The fourth-order valence-corrected chi connectivity index (χ4v) is 1.93. The molecule has 0 bridgehead atoms. The Bertz CT molecular complexity index is 644. The van der Waals surface area contributed by atoms with Crippen molar-refractivity contribution in [3.63, 3.8) is 0 Å². The third-order valence-electron chi connectivity index (χ3n) is 2.79. The molecule has 2 rings (SSSR count). The number of nitrogens with zero attached hydrogens (tertiary/aromatic N) is 2. The van der Waals surface area contributed by atoms with Crippen LogP contribution in [-0.4, -0.2) is 15.6 Å². The van der Waals surface area contributed by atoms with Gasteiger partial charge < -0.3 is 14.1 Å². The van der Waals surface area contributed by atoms with Crippen molar-refractivity contribution in [2.75, 3.05) is 0 Å². The number of nitriles is 1. The summed E-state index contributed by atoms with van der Waals surface area (Å²) in [4.78, 5) is 10.7. The van der Waals surface area contributed by atoms with Gasteiger partial charge in [-0.25, -0.2) is 4.79 Å². The minimum atomic E-state index is -1.10. The highest BCUT2D eigenvalue weighted by molar-refractivity contribution is 5.84. The van der Waals surface area contributed by atoms with E-state index in [4.69, 9.17) is 14.8 Å². The van der Waals surface area contributed by atoms with E-state index in [1.165, 1.54) is 6.07 Å². The molecule has 0 saturated heterocycles. The van der Waals surface area contributed by atoms with Gasteiger partial charge in [0.25, 0.3) is 0 Å². The molecule has 5 nitrogen and oxygen atoms in total. The summed E-state index contributed by atoms with van der Waals surface area (Å²) in [6.07, 6.45) is 0. The third-order valence-corrected chi connectivity index (χ3v) is 2.79. The summed E-state index contributed by atoms with van der Waals surface area (Å²) in [5.74, 6) is -0.671. The molecule has 0 amide bonds. The summed E-state index contributed by atoms with van der Waals surface area (Å²) in [6.45, 7) is 4.12. The van der Waals surface area contributed by atoms with Crippen molar-refractivity contribution < 1.29 is 14.3 Å². The summed E-state index contributed by atoms with van der Waals surface area (Å²) in [7, 11) is 0. The molecule has 0 fully saturated rings. The van der Waals surface area contributed by atoms with Crippen LogP contribution in [0.5, 0.6) is 0 Å². The van der Waals surface area contributed by atoms with Gasteiger partial charge in [-0.2, -0.15) is 5.26 Å². The Hall–Kier alpha value is -2.48. The van der Waals surface area contributed by atoms with Crippen LogP contribution >= 0.6 is 0 Å². The lowest BCUT2D eigenvalue weighted by atomic mass is 10.3. The molecule has 0 atom stereocenters. The van der Waals surface area contributed by atoms with Gasteiger partial charge >= 0.3 is 5.97 Å². The number of aryl methyl sites for hydroxylation is 2. The van der Waals surface area contributed by atoms with E-state index in [1.54, 1.807) is 10.6 Å². The molecule has 18 heavy (non-hydrogen) atoms. The van der Waals surface area contributed by atoms with Gasteiger partial charge in [0.2, 0.25) is 5.76 Å². The quantitative estimate of drug-likeness (QED) is 0.898. The predicted octanol–water partition coefficient (Wildman–Crippen LogP) is 2.32. The number of hydrogen-bond donors (Lipinski definition) is 1. The molecule has 0 aliphatic carbocycles. The van der Waals surface area contributed by atoms with E-state index in [1.807, 2.05) is 19.9 Å². The molecule has 0 aliphatic heterocycles. The highest BCUT2D eigenvalue weighted by Crippen LogP contribution is 2.17. The molecule has 0 saturated carbocycles. The van der Waals surface area contributed by atoms with E-state index >= 15 is 0 Å².